The highest BCUT2D eigenvalue weighted by molar-refractivity contribution is 5.96. The first kappa shape index (κ1) is 20.3. The molecule has 0 unspecified atom stereocenters. The Hall–Kier alpha value is -1.43. The van der Waals surface area contributed by atoms with Gasteiger partial charge in [-0.15, -0.1) is 0 Å². The summed E-state index contributed by atoms with van der Waals surface area (Å²) in [6, 6.07) is 5.96. The van der Waals surface area contributed by atoms with Crippen LogP contribution >= 0.6 is 0 Å². The van der Waals surface area contributed by atoms with Gasteiger partial charge < -0.3 is 19.8 Å². The number of aryl methyl sites for hydroxylation is 1. The zero-order valence-corrected chi connectivity index (χ0v) is 17.4. The minimum atomic E-state index is -0.317. The van der Waals surface area contributed by atoms with Gasteiger partial charge >= 0.3 is 0 Å². The lowest BCUT2D eigenvalue weighted by atomic mass is 9.71. The Balaban J connectivity index is 1.75. The monoisotopic (exact) mass is 373 g/mol. The molecule has 5 heteroatoms. The standard InChI is InChI=1S/C22H35N3O2/c1-17-7-5-8-19(18(17)2)21(27)25-11-6-10-22(16-25)15-24(12-9-20(22)26)14-13-23(3)4/h5,7-8,20,26H,6,9-16H2,1-4H3/t20-,22-/m1/s1. The molecule has 1 N–H and O–H groups in total. The van der Waals surface area contributed by atoms with Crippen LogP contribution in [0.25, 0.3) is 0 Å². The maximum atomic E-state index is 13.2. The van der Waals surface area contributed by atoms with Gasteiger partial charge in [-0.3, -0.25) is 4.79 Å². The van der Waals surface area contributed by atoms with Crippen LogP contribution in [0.1, 0.15) is 40.7 Å². The summed E-state index contributed by atoms with van der Waals surface area (Å²) < 4.78 is 0. The number of likely N-dealkylation sites (N-methyl/N-ethyl adjacent to an activating group) is 1. The molecule has 2 fully saturated rings. The van der Waals surface area contributed by atoms with Crippen molar-refractivity contribution in [3.05, 3.63) is 34.9 Å². The van der Waals surface area contributed by atoms with Gasteiger partial charge in [0.25, 0.3) is 5.91 Å². The van der Waals surface area contributed by atoms with Crippen LogP contribution in [0.5, 0.6) is 0 Å². The topological polar surface area (TPSA) is 47.0 Å². The summed E-state index contributed by atoms with van der Waals surface area (Å²) in [5.74, 6) is 0.118. The number of rotatable bonds is 4. The molecular formula is C22H35N3O2. The Kier molecular flexibility index (Phi) is 6.24. The molecule has 3 rings (SSSR count). The number of amides is 1. The number of aliphatic hydroxyl groups excluding tert-OH is 1. The lowest BCUT2D eigenvalue weighted by Crippen LogP contribution is -2.60. The highest BCUT2D eigenvalue weighted by Crippen LogP contribution is 2.39. The summed E-state index contributed by atoms with van der Waals surface area (Å²) >= 11 is 0. The van der Waals surface area contributed by atoms with E-state index in [1.165, 1.54) is 0 Å². The molecule has 1 aromatic rings. The summed E-state index contributed by atoms with van der Waals surface area (Å²) in [4.78, 5) is 19.9. The summed E-state index contributed by atoms with van der Waals surface area (Å²) in [5, 5.41) is 10.9. The molecule has 0 radical (unpaired) electrons. The highest BCUT2D eigenvalue weighted by atomic mass is 16.3. The Labute approximate surface area is 163 Å². The molecule has 2 heterocycles. The lowest BCUT2D eigenvalue weighted by Gasteiger charge is -2.51. The molecule has 2 aliphatic heterocycles. The Bertz CT molecular complexity index is 676. The minimum absolute atomic E-state index is 0.118. The molecule has 0 bridgehead atoms. The smallest absolute Gasteiger partial charge is 0.254 e. The molecule has 5 nitrogen and oxygen atoms in total. The van der Waals surface area contributed by atoms with Crippen molar-refractivity contribution < 1.29 is 9.90 Å². The molecule has 27 heavy (non-hydrogen) atoms. The number of aliphatic hydroxyl groups is 1. The lowest BCUT2D eigenvalue weighted by molar-refractivity contribution is -0.0791. The molecule has 1 amide bonds. The number of benzene rings is 1. The van der Waals surface area contributed by atoms with E-state index in [1.807, 2.05) is 24.0 Å². The number of carbonyl (C=O) groups is 1. The number of hydrogen-bond donors (Lipinski definition) is 1. The van der Waals surface area contributed by atoms with Crippen molar-refractivity contribution in [3.8, 4) is 0 Å². The second kappa shape index (κ2) is 8.29. The van der Waals surface area contributed by atoms with Crippen molar-refractivity contribution >= 4 is 5.91 Å². The molecule has 0 aromatic heterocycles. The number of nitrogens with zero attached hydrogens (tertiary/aromatic N) is 3. The fourth-order valence-electron chi connectivity index (χ4n) is 4.66. The third-order valence-corrected chi connectivity index (χ3v) is 6.56. The fourth-order valence-corrected chi connectivity index (χ4v) is 4.66. The van der Waals surface area contributed by atoms with Crippen molar-refractivity contribution in [2.45, 2.75) is 39.2 Å². The zero-order valence-electron chi connectivity index (χ0n) is 17.4. The van der Waals surface area contributed by atoms with Crippen LogP contribution in [0.4, 0.5) is 0 Å². The van der Waals surface area contributed by atoms with Crippen molar-refractivity contribution in [2.24, 2.45) is 5.41 Å². The van der Waals surface area contributed by atoms with Gasteiger partial charge in [0, 0.05) is 50.2 Å². The number of hydrogen-bond acceptors (Lipinski definition) is 4. The average Bonchev–Trinajstić information content (AvgIpc) is 2.64. The van der Waals surface area contributed by atoms with Gasteiger partial charge in [0.1, 0.15) is 0 Å². The molecule has 2 aliphatic rings. The number of likely N-dealkylation sites (tertiary alicyclic amines) is 2. The van der Waals surface area contributed by atoms with Gasteiger partial charge in [-0.25, -0.2) is 0 Å². The van der Waals surface area contributed by atoms with E-state index < -0.39 is 0 Å². The Morgan fingerprint density at radius 3 is 2.78 bits per heavy atom. The van der Waals surface area contributed by atoms with Crippen LogP contribution in [0.3, 0.4) is 0 Å². The van der Waals surface area contributed by atoms with Crippen LogP contribution in [0.15, 0.2) is 18.2 Å². The molecule has 0 aliphatic carbocycles. The van der Waals surface area contributed by atoms with Crippen LogP contribution in [0.2, 0.25) is 0 Å². The third kappa shape index (κ3) is 4.36. The molecule has 2 atom stereocenters. The van der Waals surface area contributed by atoms with Crippen LogP contribution < -0.4 is 0 Å². The van der Waals surface area contributed by atoms with E-state index in [2.05, 4.69) is 36.9 Å². The highest BCUT2D eigenvalue weighted by Gasteiger charge is 2.46. The number of piperidine rings is 2. The zero-order chi connectivity index (χ0) is 19.6. The molecule has 150 valence electrons. The van der Waals surface area contributed by atoms with Gasteiger partial charge in [-0.1, -0.05) is 12.1 Å². The first-order valence-corrected chi connectivity index (χ1v) is 10.2. The molecule has 1 spiro atoms. The Morgan fingerprint density at radius 1 is 1.26 bits per heavy atom. The molecule has 1 aromatic carbocycles. The summed E-state index contributed by atoms with van der Waals surface area (Å²) in [6.07, 6.45) is 2.46. The van der Waals surface area contributed by atoms with E-state index in [4.69, 9.17) is 0 Å². The summed E-state index contributed by atoms with van der Waals surface area (Å²) in [6.45, 7) is 9.42. The average molecular weight is 374 g/mol. The van der Waals surface area contributed by atoms with E-state index >= 15 is 0 Å². The van der Waals surface area contributed by atoms with Gasteiger partial charge in [0.15, 0.2) is 0 Å². The van der Waals surface area contributed by atoms with E-state index in [0.29, 0.717) is 6.54 Å². The second-order valence-corrected chi connectivity index (χ2v) is 8.82. The van der Waals surface area contributed by atoms with Crippen LogP contribution in [-0.4, -0.2) is 85.2 Å². The van der Waals surface area contributed by atoms with Gasteiger partial charge in [0.05, 0.1) is 6.10 Å². The Morgan fingerprint density at radius 2 is 2.04 bits per heavy atom. The largest absolute Gasteiger partial charge is 0.392 e. The minimum Gasteiger partial charge on any atom is -0.392 e. The van der Waals surface area contributed by atoms with Gasteiger partial charge in [-0.2, -0.15) is 0 Å². The quantitative estimate of drug-likeness (QED) is 0.879. The fraction of sp³-hybridized carbons (Fsp3) is 0.682. The maximum absolute atomic E-state index is 13.2. The predicted octanol–water partition coefficient (Wildman–Crippen LogP) is 2.15. The third-order valence-electron chi connectivity index (χ3n) is 6.56. The number of carbonyl (C=O) groups excluding carboxylic acids is 1. The first-order chi connectivity index (χ1) is 12.8. The molecule has 2 saturated heterocycles. The van der Waals surface area contributed by atoms with Crippen molar-refractivity contribution in [2.75, 3.05) is 53.4 Å². The van der Waals surface area contributed by atoms with E-state index in [-0.39, 0.29) is 17.4 Å². The SMILES string of the molecule is Cc1cccc(C(=O)N2CCC[C@@]3(CN(CCN(C)C)CC[C@H]3O)C2)c1C. The van der Waals surface area contributed by atoms with Crippen molar-refractivity contribution in [1.82, 2.24) is 14.7 Å². The molecular weight excluding hydrogens is 338 g/mol. The first-order valence-electron chi connectivity index (χ1n) is 10.2. The van der Waals surface area contributed by atoms with E-state index in [0.717, 1.165) is 68.7 Å². The van der Waals surface area contributed by atoms with E-state index in [1.54, 1.807) is 0 Å². The van der Waals surface area contributed by atoms with Crippen molar-refractivity contribution in [3.63, 3.8) is 0 Å². The van der Waals surface area contributed by atoms with Crippen LogP contribution in [-0.2, 0) is 0 Å². The maximum Gasteiger partial charge on any atom is 0.254 e. The van der Waals surface area contributed by atoms with Gasteiger partial charge in [-0.05, 0) is 64.4 Å². The predicted molar refractivity (Wildman–Crippen MR) is 109 cm³/mol. The van der Waals surface area contributed by atoms with Gasteiger partial charge in [0.2, 0.25) is 0 Å². The van der Waals surface area contributed by atoms with Crippen molar-refractivity contribution in [1.29, 1.82) is 0 Å². The molecule has 0 saturated carbocycles. The summed E-state index contributed by atoms with van der Waals surface area (Å²) in [7, 11) is 4.19. The normalized spacial score (nSPS) is 26.7. The van der Waals surface area contributed by atoms with Crippen LogP contribution in [0, 0.1) is 19.3 Å². The summed E-state index contributed by atoms with van der Waals surface area (Å²) in [5.41, 5.74) is 2.84. The second-order valence-electron chi connectivity index (χ2n) is 8.82. The van der Waals surface area contributed by atoms with E-state index in [9.17, 15) is 9.90 Å².